The van der Waals surface area contributed by atoms with Crippen LogP contribution >= 0.6 is 0 Å². The number of amides is 1. The van der Waals surface area contributed by atoms with Gasteiger partial charge in [0.15, 0.2) is 5.76 Å². The van der Waals surface area contributed by atoms with Crippen LogP contribution in [0.15, 0.2) is 57.7 Å². The van der Waals surface area contributed by atoms with E-state index in [0.29, 0.717) is 23.8 Å². The van der Waals surface area contributed by atoms with Crippen molar-refractivity contribution in [2.45, 2.75) is 13.0 Å². The maximum atomic E-state index is 12.0. The summed E-state index contributed by atoms with van der Waals surface area (Å²) in [6, 6.07) is 12.8. The van der Waals surface area contributed by atoms with Crippen LogP contribution in [0.25, 0.3) is 11.5 Å². The number of nitrogens with one attached hydrogen (secondary N) is 1. The molecule has 0 unspecified atom stereocenters. The van der Waals surface area contributed by atoms with E-state index in [0.717, 1.165) is 11.3 Å². The molecule has 1 N–H and O–H groups in total. The molecule has 6 nitrogen and oxygen atoms in total. The van der Waals surface area contributed by atoms with E-state index in [1.165, 1.54) is 0 Å². The van der Waals surface area contributed by atoms with E-state index < -0.39 is 0 Å². The van der Waals surface area contributed by atoms with Crippen LogP contribution in [-0.4, -0.2) is 18.2 Å². The van der Waals surface area contributed by atoms with Gasteiger partial charge >= 0.3 is 0 Å². The van der Waals surface area contributed by atoms with Crippen molar-refractivity contribution in [3.63, 3.8) is 0 Å². The van der Waals surface area contributed by atoms with Crippen molar-refractivity contribution >= 4 is 5.91 Å². The number of rotatable bonds is 6. The topological polar surface area (TPSA) is 77.5 Å². The third-order valence-electron chi connectivity index (χ3n) is 3.31. The first-order valence-corrected chi connectivity index (χ1v) is 7.13. The number of carbonyl (C=O) groups excluding carboxylic acids is 1. The summed E-state index contributed by atoms with van der Waals surface area (Å²) < 4.78 is 15.5. The van der Waals surface area contributed by atoms with E-state index in [-0.39, 0.29) is 12.3 Å². The number of hydrogen-bond acceptors (Lipinski definition) is 5. The maximum Gasteiger partial charge on any atom is 0.226 e. The van der Waals surface area contributed by atoms with Crippen molar-refractivity contribution in [2.75, 3.05) is 7.11 Å². The average Bonchev–Trinajstić information content (AvgIpc) is 3.24. The van der Waals surface area contributed by atoms with Gasteiger partial charge in [0.2, 0.25) is 11.7 Å². The lowest BCUT2D eigenvalue weighted by atomic mass is 10.2. The minimum atomic E-state index is -0.125. The van der Waals surface area contributed by atoms with Crippen molar-refractivity contribution in [3.05, 3.63) is 60.0 Å². The molecule has 3 aromatic rings. The third kappa shape index (κ3) is 3.79. The largest absolute Gasteiger partial charge is 0.497 e. The number of benzene rings is 1. The molecule has 0 bridgehead atoms. The van der Waals surface area contributed by atoms with Crippen molar-refractivity contribution in [1.29, 1.82) is 0 Å². The molecule has 0 aliphatic carbocycles. The Morgan fingerprint density at radius 1 is 1.22 bits per heavy atom. The molecule has 1 amide bonds. The standard InChI is InChI=1S/C17H16N2O4/c1-21-14-6-4-12(5-7-14)11-18-17(20)10-13-9-16(23-19-13)15-3-2-8-22-15/h2-9H,10-11H2,1H3,(H,18,20). The predicted octanol–water partition coefficient (Wildman–Crippen LogP) is 2.80. The summed E-state index contributed by atoms with van der Waals surface area (Å²) in [5.74, 6) is 1.75. The zero-order chi connectivity index (χ0) is 16.1. The number of methoxy groups -OCH3 is 1. The fraction of sp³-hybridized carbons (Fsp3) is 0.176. The molecular formula is C17H16N2O4. The second kappa shape index (κ2) is 6.83. The molecule has 0 saturated carbocycles. The highest BCUT2D eigenvalue weighted by Gasteiger charge is 2.12. The Labute approximate surface area is 133 Å². The molecule has 0 spiro atoms. The van der Waals surface area contributed by atoms with E-state index >= 15 is 0 Å². The Morgan fingerprint density at radius 3 is 2.74 bits per heavy atom. The molecule has 0 saturated heterocycles. The summed E-state index contributed by atoms with van der Waals surface area (Å²) in [5, 5.41) is 6.72. The number of aromatic nitrogens is 1. The molecule has 0 fully saturated rings. The second-order valence-electron chi connectivity index (χ2n) is 4.96. The van der Waals surface area contributed by atoms with Gasteiger partial charge in [-0.3, -0.25) is 4.79 Å². The minimum absolute atomic E-state index is 0.125. The Hall–Kier alpha value is -3.02. The zero-order valence-corrected chi connectivity index (χ0v) is 12.6. The molecule has 2 aromatic heterocycles. The van der Waals surface area contributed by atoms with Gasteiger partial charge in [0.25, 0.3) is 0 Å². The molecule has 118 valence electrons. The Bertz CT molecular complexity index is 760. The van der Waals surface area contributed by atoms with E-state index in [1.54, 1.807) is 31.6 Å². The van der Waals surface area contributed by atoms with Gasteiger partial charge in [-0.25, -0.2) is 0 Å². The number of nitrogens with zero attached hydrogens (tertiary/aromatic N) is 1. The van der Waals surface area contributed by atoms with Gasteiger partial charge in [0.1, 0.15) is 5.75 Å². The highest BCUT2D eigenvalue weighted by atomic mass is 16.5. The van der Waals surface area contributed by atoms with E-state index in [9.17, 15) is 4.79 Å². The van der Waals surface area contributed by atoms with Crippen LogP contribution in [0.1, 0.15) is 11.3 Å². The summed E-state index contributed by atoms with van der Waals surface area (Å²) >= 11 is 0. The van der Waals surface area contributed by atoms with Crippen LogP contribution in [0.4, 0.5) is 0 Å². The van der Waals surface area contributed by atoms with E-state index in [1.807, 2.05) is 24.3 Å². The van der Waals surface area contributed by atoms with E-state index in [4.69, 9.17) is 13.7 Å². The Balaban J connectivity index is 1.53. The first-order chi connectivity index (χ1) is 11.2. The van der Waals surface area contributed by atoms with Gasteiger partial charge in [-0.05, 0) is 29.8 Å². The first kappa shape index (κ1) is 14.9. The number of hydrogen-bond donors (Lipinski definition) is 1. The van der Waals surface area contributed by atoms with Crippen LogP contribution in [0.5, 0.6) is 5.75 Å². The van der Waals surface area contributed by atoms with Gasteiger partial charge < -0.3 is 19.0 Å². The summed E-state index contributed by atoms with van der Waals surface area (Å²) in [7, 11) is 1.62. The second-order valence-corrected chi connectivity index (χ2v) is 4.96. The number of carbonyl (C=O) groups is 1. The first-order valence-electron chi connectivity index (χ1n) is 7.13. The van der Waals surface area contributed by atoms with Crippen LogP contribution < -0.4 is 10.1 Å². The summed E-state index contributed by atoms with van der Waals surface area (Å²) in [6.45, 7) is 0.450. The molecular weight excluding hydrogens is 296 g/mol. The quantitative estimate of drug-likeness (QED) is 0.757. The zero-order valence-electron chi connectivity index (χ0n) is 12.6. The van der Waals surface area contributed by atoms with Crippen LogP contribution in [0, 0.1) is 0 Å². The maximum absolute atomic E-state index is 12.0. The molecule has 2 heterocycles. The molecule has 0 aliphatic heterocycles. The lowest BCUT2D eigenvalue weighted by Gasteiger charge is -2.05. The highest BCUT2D eigenvalue weighted by Crippen LogP contribution is 2.20. The molecule has 1 aromatic carbocycles. The lowest BCUT2D eigenvalue weighted by Crippen LogP contribution is -2.24. The Morgan fingerprint density at radius 2 is 2.04 bits per heavy atom. The fourth-order valence-corrected chi connectivity index (χ4v) is 2.10. The van der Waals surface area contributed by atoms with Crippen molar-refractivity contribution in [3.8, 4) is 17.3 Å². The molecule has 0 atom stereocenters. The summed E-state index contributed by atoms with van der Waals surface area (Å²) in [6.07, 6.45) is 1.71. The predicted molar refractivity (Wildman–Crippen MR) is 82.7 cm³/mol. The van der Waals surface area contributed by atoms with Gasteiger partial charge in [-0.15, -0.1) is 0 Å². The highest BCUT2D eigenvalue weighted by molar-refractivity contribution is 5.78. The van der Waals surface area contributed by atoms with Gasteiger partial charge in [0.05, 0.1) is 25.5 Å². The van der Waals surface area contributed by atoms with Crippen LogP contribution in [0.2, 0.25) is 0 Å². The van der Waals surface area contributed by atoms with Crippen molar-refractivity contribution in [2.24, 2.45) is 0 Å². The summed E-state index contributed by atoms with van der Waals surface area (Å²) in [5.41, 5.74) is 1.55. The summed E-state index contributed by atoms with van der Waals surface area (Å²) in [4.78, 5) is 12.0. The molecule has 23 heavy (non-hydrogen) atoms. The SMILES string of the molecule is COc1ccc(CNC(=O)Cc2cc(-c3ccco3)on2)cc1. The average molecular weight is 312 g/mol. The smallest absolute Gasteiger partial charge is 0.226 e. The van der Waals surface area contributed by atoms with Gasteiger partial charge in [-0.2, -0.15) is 0 Å². The molecule has 3 rings (SSSR count). The molecule has 0 aliphatic rings. The lowest BCUT2D eigenvalue weighted by molar-refractivity contribution is -0.120. The minimum Gasteiger partial charge on any atom is -0.497 e. The van der Waals surface area contributed by atoms with Crippen molar-refractivity contribution in [1.82, 2.24) is 10.5 Å². The normalized spacial score (nSPS) is 10.5. The van der Waals surface area contributed by atoms with Crippen LogP contribution in [-0.2, 0) is 17.8 Å². The molecule has 6 heteroatoms. The van der Waals surface area contributed by atoms with Crippen LogP contribution in [0.3, 0.4) is 0 Å². The molecule has 0 radical (unpaired) electrons. The number of furan rings is 1. The van der Waals surface area contributed by atoms with E-state index in [2.05, 4.69) is 10.5 Å². The van der Waals surface area contributed by atoms with Gasteiger partial charge in [0, 0.05) is 12.6 Å². The number of ether oxygens (including phenoxy) is 1. The Kier molecular flexibility index (Phi) is 4.42. The fourth-order valence-electron chi connectivity index (χ4n) is 2.10. The monoisotopic (exact) mass is 312 g/mol. The van der Waals surface area contributed by atoms with Gasteiger partial charge in [-0.1, -0.05) is 17.3 Å². The third-order valence-corrected chi connectivity index (χ3v) is 3.31. The van der Waals surface area contributed by atoms with Crippen molar-refractivity contribution < 1.29 is 18.5 Å².